The highest BCUT2D eigenvalue weighted by Crippen LogP contribution is 2.39. The number of methoxy groups -OCH3 is 1. The summed E-state index contributed by atoms with van der Waals surface area (Å²) in [6.07, 6.45) is 1.46. The summed E-state index contributed by atoms with van der Waals surface area (Å²) in [4.78, 5) is 16.5. The van der Waals surface area contributed by atoms with Crippen LogP contribution in [0.15, 0.2) is 82.3 Å². The van der Waals surface area contributed by atoms with E-state index in [1.54, 1.807) is 36.4 Å². The molecule has 0 unspecified atom stereocenters. The van der Waals surface area contributed by atoms with Crippen LogP contribution in [0, 0.1) is 6.92 Å². The van der Waals surface area contributed by atoms with Crippen molar-refractivity contribution in [2.45, 2.75) is 11.8 Å². The highest BCUT2D eigenvalue weighted by atomic mass is 35.5. The number of benzene rings is 3. The normalized spacial score (nSPS) is 14.7. The molecule has 9 heteroatoms. The SMILES string of the molecule is COc1cc(/C=C2\N=C(c3ccccc3)OC2=O)cc(Cl)c1OS(=O)(=O)c1ccc(C)cc1. The molecule has 1 aliphatic heterocycles. The van der Waals surface area contributed by atoms with E-state index in [4.69, 9.17) is 25.3 Å². The fraction of sp³-hybridized carbons (Fsp3) is 0.0833. The Morgan fingerprint density at radius 2 is 1.73 bits per heavy atom. The summed E-state index contributed by atoms with van der Waals surface area (Å²) in [5.74, 6) is -0.520. The van der Waals surface area contributed by atoms with E-state index in [0.29, 0.717) is 11.1 Å². The first-order valence-corrected chi connectivity index (χ1v) is 11.5. The van der Waals surface area contributed by atoms with Gasteiger partial charge in [0.15, 0.2) is 11.4 Å². The molecule has 0 saturated heterocycles. The van der Waals surface area contributed by atoms with E-state index in [-0.39, 0.29) is 33.0 Å². The van der Waals surface area contributed by atoms with Gasteiger partial charge in [-0.2, -0.15) is 8.42 Å². The molecule has 1 aliphatic rings. The van der Waals surface area contributed by atoms with Crippen LogP contribution in [0.1, 0.15) is 16.7 Å². The summed E-state index contributed by atoms with van der Waals surface area (Å²) < 4.78 is 41.2. The predicted molar refractivity (Wildman–Crippen MR) is 124 cm³/mol. The second kappa shape index (κ2) is 9.09. The van der Waals surface area contributed by atoms with Crippen molar-refractivity contribution in [1.29, 1.82) is 0 Å². The summed E-state index contributed by atoms with van der Waals surface area (Å²) in [5, 5.41) is -0.0180. The van der Waals surface area contributed by atoms with E-state index in [1.165, 1.54) is 37.5 Å². The van der Waals surface area contributed by atoms with Gasteiger partial charge in [0, 0.05) is 5.56 Å². The topological polar surface area (TPSA) is 91.3 Å². The van der Waals surface area contributed by atoms with Gasteiger partial charge < -0.3 is 13.7 Å². The van der Waals surface area contributed by atoms with Crippen molar-refractivity contribution in [1.82, 2.24) is 0 Å². The van der Waals surface area contributed by atoms with Crippen LogP contribution in [-0.4, -0.2) is 27.4 Å². The van der Waals surface area contributed by atoms with Gasteiger partial charge in [-0.3, -0.25) is 0 Å². The Labute approximate surface area is 196 Å². The molecule has 0 atom stereocenters. The maximum absolute atomic E-state index is 12.7. The van der Waals surface area contributed by atoms with Crippen molar-refractivity contribution in [3.8, 4) is 11.5 Å². The van der Waals surface area contributed by atoms with Gasteiger partial charge in [0.1, 0.15) is 4.90 Å². The molecule has 0 fully saturated rings. The molecule has 0 saturated carbocycles. The Hall–Kier alpha value is -3.62. The molecule has 0 aromatic heterocycles. The Morgan fingerprint density at radius 3 is 2.39 bits per heavy atom. The number of carbonyl (C=O) groups is 1. The lowest BCUT2D eigenvalue weighted by molar-refractivity contribution is -0.129. The van der Waals surface area contributed by atoms with Crippen LogP contribution >= 0.6 is 11.6 Å². The summed E-state index contributed by atoms with van der Waals surface area (Å²) in [6, 6.07) is 18.1. The zero-order chi connectivity index (χ0) is 23.6. The highest BCUT2D eigenvalue weighted by Gasteiger charge is 2.25. The third kappa shape index (κ3) is 4.92. The largest absolute Gasteiger partial charge is 0.493 e. The summed E-state index contributed by atoms with van der Waals surface area (Å²) in [7, 11) is -2.79. The lowest BCUT2D eigenvalue weighted by Gasteiger charge is -2.13. The molecule has 0 bridgehead atoms. The van der Waals surface area contributed by atoms with Crippen molar-refractivity contribution in [2.24, 2.45) is 4.99 Å². The molecule has 33 heavy (non-hydrogen) atoms. The zero-order valence-electron chi connectivity index (χ0n) is 17.6. The summed E-state index contributed by atoms with van der Waals surface area (Å²) >= 11 is 6.33. The number of halogens is 1. The smallest absolute Gasteiger partial charge is 0.363 e. The monoisotopic (exact) mass is 483 g/mol. The van der Waals surface area contributed by atoms with Crippen molar-refractivity contribution >= 4 is 39.7 Å². The minimum Gasteiger partial charge on any atom is -0.493 e. The average Bonchev–Trinajstić information content (AvgIpc) is 3.16. The average molecular weight is 484 g/mol. The molecule has 1 heterocycles. The number of aryl methyl sites for hydroxylation is 1. The van der Waals surface area contributed by atoms with E-state index < -0.39 is 16.1 Å². The number of hydrogen-bond donors (Lipinski definition) is 0. The molecule has 0 N–H and O–H groups in total. The molecular formula is C24H18ClNO6S. The summed E-state index contributed by atoms with van der Waals surface area (Å²) in [6.45, 7) is 1.84. The third-order valence-electron chi connectivity index (χ3n) is 4.70. The molecule has 0 spiro atoms. The van der Waals surface area contributed by atoms with E-state index in [0.717, 1.165) is 5.56 Å². The maximum atomic E-state index is 12.7. The van der Waals surface area contributed by atoms with Crippen LogP contribution in [0.5, 0.6) is 11.5 Å². The Morgan fingerprint density at radius 1 is 1.03 bits per heavy atom. The molecular weight excluding hydrogens is 466 g/mol. The number of carbonyl (C=O) groups excluding carboxylic acids is 1. The van der Waals surface area contributed by atoms with Crippen LogP contribution in [-0.2, 0) is 19.6 Å². The van der Waals surface area contributed by atoms with Crippen molar-refractivity contribution in [2.75, 3.05) is 7.11 Å². The second-order valence-electron chi connectivity index (χ2n) is 7.09. The number of hydrogen-bond acceptors (Lipinski definition) is 7. The predicted octanol–water partition coefficient (Wildman–Crippen LogP) is 4.77. The standard InChI is InChI=1S/C24H18ClNO6S/c1-15-8-10-18(11-9-15)33(28,29)32-22-19(25)12-16(14-21(22)30-2)13-20-24(27)31-23(26-20)17-6-4-3-5-7-17/h3-14H,1-2H3/b20-13-. The van der Waals surface area contributed by atoms with Crippen molar-refractivity contribution in [3.05, 3.63) is 94.1 Å². The number of cyclic esters (lactones) is 1. The van der Waals surface area contributed by atoms with Gasteiger partial charge in [-0.15, -0.1) is 0 Å². The van der Waals surface area contributed by atoms with Crippen LogP contribution < -0.4 is 8.92 Å². The first-order chi connectivity index (χ1) is 15.8. The van der Waals surface area contributed by atoms with Gasteiger partial charge in [-0.05, 0) is 55.0 Å². The molecule has 3 aromatic carbocycles. The molecule has 7 nitrogen and oxygen atoms in total. The van der Waals surface area contributed by atoms with E-state index >= 15 is 0 Å². The fourth-order valence-electron chi connectivity index (χ4n) is 3.04. The van der Waals surface area contributed by atoms with Gasteiger partial charge in [0.05, 0.1) is 12.1 Å². The highest BCUT2D eigenvalue weighted by molar-refractivity contribution is 7.87. The Bertz CT molecular complexity index is 1380. The zero-order valence-corrected chi connectivity index (χ0v) is 19.2. The molecule has 4 rings (SSSR count). The Balaban J connectivity index is 1.66. The molecule has 0 aliphatic carbocycles. The lowest BCUT2D eigenvalue weighted by atomic mass is 10.1. The van der Waals surface area contributed by atoms with Crippen LogP contribution in [0.4, 0.5) is 0 Å². The maximum Gasteiger partial charge on any atom is 0.363 e. The van der Waals surface area contributed by atoms with Gasteiger partial charge in [-0.25, -0.2) is 9.79 Å². The molecule has 0 radical (unpaired) electrons. The van der Waals surface area contributed by atoms with E-state index in [1.807, 2.05) is 13.0 Å². The third-order valence-corrected chi connectivity index (χ3v) is 6.22. The first-order valence-electron chi connectivity index (χ1n) is 9.73. The second-order valence-corrected chi connectivity index (χ2v) is 9.04. The summed E-state index contributed by atoms with van der Waals surface area (Å²) in [5.41, 5.74) is 2.08. The number of ether oxygens (including phenoxy) is 2. The van der Waals surface area contributed by atoms with Gasteiger partial charge >= 0.3 is 16.1 Å². The van der Waals surface area contributed by atoms with Gasteiger partial charge in [0.2, 0.25) is 11.6 Å². The first kappa shape index (κ1) is 22.6. The van der Waals surface area contributed by atoms with Crippen molar-refractivity contribution in [3.63, 3.8) is 0 Å². The van der Waals surface area contributed by atoms with E-state index in [9.17, 15) is 13.2 Å². The molecule has 168 valence electrons. The van der Waals surface area contributed by atoms with Crippen molar-refractivity contribution < 1.29 is 26.9 Å². The number of nitrogens with zero attached hydrogens (tertiary/aromatic N) is 1. The number of rotatable bonds is 6. The quantitative estimate of drug-likeness (QED) is 0.285. The van der Waals surface area contributed by atoms with Gasteiger partial charge in [0.25, 0.3) is 0 Å². The number of esters is 1. The van der Waals surface area contributed by atoms with Crippen LogP contribution in [0.2, 0.25) is 5.02 Å². The number of aliphatic imine (C=N–C) groups is 1. The van der Waals surface area contributed by atoms with Crippen LogP contribution in [0.3, 0.4) is 0 Å². The molecule has 0 amide bonds. The minimum absolute atomic E-state index is 0.0180. The van der Waals surface area contributed by atoms with Crippen LogP contribution in [0.25, 0.3) is 6.08 Å². The van der Waals surface area contributed by atoms with E-state index in [2.05, 4.69) is 4.99 Å². The minimum atomic E-state index is -4.14. The Kier molecular flexibility index (Phi) is 6.22. The van der Waals surface area contributed by atoms with Gasteiger partial charge in [-0.1, -0.05) is 47.5 Å². The molecule has 3 aromatic rings. The lowest BCUT2D eigenvalue weighted by Crippen LogP contribution is -2.11. The fourth-order valence-corrected chi connectivity index (χ4v) is 4.30.